The lowest BCUT2D eigenvalue weighted by molar-refractivity contribution is 0.325. The highest BCUT2D eigenvalue weighted by molar-refractivity contribution is 4.79. The molecule has 0 aliphatic heterocycles. The normalized spacial score (nSPS) is 33.3. The summed E-state index contributed by atoms with van der Waals surface area (Å²) in [7, 11) is 0. The molecule has 0 radical (unpaired) electrons. The van der Waals surface area contributed by atoms with Crippen molar-refractivity contribution >= 4 is 0 Å². The summed E-state index contributed by atoms with van der Waals surface area (Å²) >= 11 is 0. The molecule has 1 saturated carbocycles. The summed E-state index contributed by atoms with van der Waals surface area (Å²) in [5.74, 6) is 0.947. The number of hydrogen-bond acceptors (Lipinski definition) is 1. The van der Waals surface area contributed by atoms with Crippen LogP contribution in [0.1, 0.15) is 32.6 Å². The van der Waals surface area contributed by atoms with Crippen LogP contribution in [0, 0.1) is 5.92 Å². The molecule has 1 fully saturated rings. The molecule has 0 spiro atoms. The lowest BCUT2D eigenvalue weighted by atomic mass is 9.87. The van der Waals surface area contributed by atoms with Gasteiger partial charge in [0.25, 0.3) is 0 Å². The minimum Gasteiger partial charge on any atom is -0.389 e. The van der Waals surface area contributed by atoms with E-state index in [9.17, 15) is 0 Å². The Morgan fingerprint density at radius 2 is 1.90 bits per heavy atom. The molecule has 0 aromatic carbocycles. The molecule has 1 N–H and O–H groups in total. The lowest BCUT2D eigenvalue weighted by Gasteiger charge is -2.26. The Balaban J connectivity index is 2.19. The molecule has 0 saturated heterocycles. The fourth-order valence-corrected chi connectivity index (χ4v) is 1.59. The summed E-state index contributed by atoms with van der Waals surface area (Å²) in [6.07, 6.45) is 7.23. The fraction of sp³-hybridized carbons (Fsp3) is 0.778. The molecule has 0 aromatic heterocycles. The minimum absolute atomic E-state index is 0.716. The Morgan fingerprint density at radius 1 is 1.30 bits per heavy atom. The summed E-state index contributed by atoms with van der Waals surface area (Å²) in [6, 6.07) is 0.716. The van der Waals surface area contributed by atoms with E-state index in [-0.39, 0.29) is 0 Å². The van der Waals surface area contributed by atoms with Crippen LogP contribution in [0.2, 0.25) is 0 Å². The monoisotopic (exact) mass is 139 g/mol. The van der Waals surface area contributed by atoms with Gasteiger partial charge < -0.3 is 5.32 Å². The molecule has 1 rings (SSSR count). The largest absolute Gasteiger partial charge is 0.389 e. The third-order valence-corrected chi connectivity index (χ3v) is 2.37. The van der Waals surface area contributed by atoms with Crippen LogP contribution in [0.25, 0.3) is 0 Å². The van der Waals surface area contributed by atoms with Gasteiger partial charge in [0.2, 0.25) is 0 Å². The molecule has 0 aromatic rings. The molecule has 0 bridgehead atoms. The minimum atomic E-state index is 0.716. The summed E-state index contributed by atoms with van der Waals surface area (Å²) in [5, 5.41) is 3.27. The Kier molecular flexibility index (Phi) is 2.79. The van der Waals surface area contributed by atoms with Crippen LogP contribution in [0.5, 0.6) is 0 Å². The van der Waals surface area contributed by atoms with E-state index in [1.54, 1.807) is 0 Å². The zero-order valence-electron chi connectivity index (χ0n) is 6.77. The first-order chi connectivity index (χ1) is 4.83. The summed E-state index contributed by atoms with van der Waals surface area (Å²) in [5.41, 5.74) is 0. The molecule has 1 aliphatic carbocycles. The van der Waals surface area contributed by atoms with E-state index >= 15 is 0 Å². The standard InChI is InChI=1S/C9H17N/c1-3-10-9-6-4-8(2)5-7-9/h3,8-10H,1,4-7H2,2H3. The summed E-state index contributed by atoms with van der Waals surface area (Å²) < 4.78 is 0. The SMILES string of the molecule is C=CNC1CCC(C)CC1. The molecular formula is C9H17N. The Morgan fingerprint density at radius 3 is 2.40 bits per heavy atom. The second-order valence-corrected chi connectivity index (χ2v) is 3.33. The highest BCUT2D eigenvalue weighted by Gasteiger charge is 2.15. The maximum Gasteiger partial charge on any atom is 0.0255 e. The fourth-order valence-electron chi connectivity index (χ4n) is 1.59. The van der Waals surface area contributed by atoms with Crippen molar-refractivity contribution in [1.82, 2.24) is 5.32 Å². The van der Waals surface area contributed by atoms with E-state index in [1.165, 1.54) is 25.7 Å². The molecule has 58 valence electrons. The quantitative estimate of drug-likeness (QED) is 0.619. The number of rotatable bonds is 2. The first-order valence-electron chi connectivity index (χ1n) is 4.20. The predicted octanol–water partition coefficient (Wildman–Crippen LogP) is 2.30. The van der Waals surface area contributed by atoms with Gasteiger partial charge >= 0.3 is 0 Å². The van der Waals surface area contributed by atoms with Gasteiger partial charge in [-0.3, -0.25) is 0 Å². The molecule has 1 aliphatic rings. The van der Waals surface area contributed by atoms with Gasteiger partial charge in [-0.25, -0.2) is 0 Å². The van der Waals surface area contributed by atoms with Gasteiger partial charge in [0.15, 0.2) is 0 Å². The van der Waals surface area contributed by atoms with Crippen molar-refractivity contribution in [3.05, 3.63) is 12.8 Å². The van der Waals surface area contributed by atoms with Crippen LogP contribution < -0.4 is 5.32 Å². The van der Waals surface area contributed by atoms with Crippen LogP contribution in [0.4, 0.5) is 0 Å². The number of hydrogen-bond donors (Lipinski definition) is 1. The first-order valence-corrected chi connectivity index (χ1v) is 4.20. The average Bonchev–Trinajstić information content (AvgIpc) is 1.95. The molecule has 0 atom stereocenters. The van der Waals surface area contributed by atoms with Crippen LogP contribution >= 0.6 is 0 Å². The first kappa shape index (κ1) is 7.64. The molecule has 0 heterocycles. The van der Waals surface area contributed by atoms with Crippen molar-refractivity contribution in [2.24, 2.45) is 5.92 Å². The Hall–Kier alpha value is -0.460. The van der Waals surface area contributed by atoms with Crippen molar-refractivity contribution < 1.29 is 0 Å². The van der Waals surface area contributed by atoms with E-state index in [4.69, 9.17) is 0 Å². The highest BCUT2D eigenvalue weighted by Crippen LogP contribution is 2.23. The van der Waals surface area contributed by atoms with E-state index in [2.05, 4.69) is 18.8 Å². The van der Waals surface area contributed by atoms with Gasteiger partial charge in [0.05, 0.1) is 0 Å². The smallest absolute Gasteiger partial charge is 0.0255 e. The third kappa shape index (κ3) is 2.05. The van der Waals surface area contributed by atoms with Crippen molar-refractivity contribution in [2.75, 3.05) is 0 Å². The number of nitrogens with one attached hydrogen (secondary N) is 1. The molecule has 1 nitrogen and oxygen atoms in total. The van der Waals surface area contributed by atoms with Gasteiger partial charge in [0, 0.05) is 6.04 Å². The van der Waals surface area contributed by atoms with Crippen molar-refractivity contribution in [1.29, 1.82) is 0 Å². The second-order valence-electron chi connectivity index (χ2n) is 3.33. The third-order valence-electron chi connectivity index (χ3n) is 2.37. The molecular weight excluding hydrogens is 122 g/mol. The lowest BCUT2D eigenvalue weighted by Crippen LogP contribution is -2.28. The van der Waals surface area contributed by atoms with Crippen LogP contribution in [0.3, 0.4) is 0 Å². The van der Waals surface area contributed by atoms with Gasteiger partial charge in [-0.15, -0.1) is 0 Å². The Labute approximate surface area is 63.5 Å². The van der Waals surface area contributed by atoms with Crippen LogP contribution in [-0.4, -0.2) is 6.04 Å². The highest BCUT2D eigenvalue weighted by atomic mass is 14.9. The zero-order valence-corrected chi connectivity index (χ0v) is 6.77. The van der Waals surface area contributed by atoms with E-state index < -0.39 is 0 Å². The molecule has 0 unspecified atom stereocenters. The average molecular weight is 139 g/mol. The van der Waals surface area contributed by atoms with Gasteiger partial charge in [0.1, 0.15) is 0 Å². The second kappa shape index (κ2) is 3.65. The van der Waals surface area contributed by atoms with Gasteiger partial charge in [-0.05, 0) is 37.8 Å². The summed E-state index contributed by atoms with van der Waals surface area (Å²) in [4.78, 5) is 0. The molecule has 0 amide bonds. The zero-order chi connectivity index (χ0) is 7.40. The Bertz CT molecular complexity index is 101. The van der Waals surface area contributed by atoms with Crippen LogP contribution in [-0.2, 0) is 0 Å². The van der Waals surface area contributed by atoms with Crippen molar-refractivity contribution in [3.8, 4) is 0 Å². The van der Waals surface area contributed by atoms with Crippen LogP contribution in [0.15, 0.2) is 12.8 Å². The van der Waals surface area contributed by atoms with E-state index in [0.29, 0.717) is 6.04 Å². The maximum absolute atomic E-state index is 3.66. The van der Waals surface area contributed by atoms with Gasteiger partial charge in [-0.2, -0.15) is 0 Å². The van der Waals surface area contributed by atoms with Gasteiger partial charge in [-0.1, -0.05) is 13.5 Å². The van der Waals surface area contributed by atoms with E-state index in [1.807, 2.05) is 6.20 Å². The van der Waals surface area contributed by atoms with Crippen molar-refractivity contribution in [2.45, 2.75) is 38.6 Å². The molecule has 1 heteroatoms. The van der Waals surface area contributed by atoms with Crippen molar-refractivity contribution in [3.63, 3.8) is 0 Å². The summed E-state index contributed by atoms with van der Waals surface area (Å²) in [6.45, 7) is 6.00. The topological polar surface area (TPSA) is 12.0 Å². The molecule has 10 heavy (non-hydrogen) atoms. The predicted molar refractivity (Wildman–Crippen MR) is 44.8 cm³/mol. The maximum atomic E-state index is 3.66. The van der Waals surface area contributed by atoms with E-state index in [0.717, 1.165) is 5.92 Å².